The molecule has 0 saturated carbocycles. The Morgan fingerprint density at radius 2 is 2.18 bits per heavy atom. The third kappa shape index (κ3) is 2.12. The van der Waals surface area contributed by atoms with Crippen LogP contribution in [0.2, 0.25) is 5.02 Å². The lowest BCUT2D eigenvalue weighted by atomic mass is 10.1. The summed E-state index contributed by atoms with van der Waals surface area (Å²) in [6, 6.07) is 6.23. The predicted molar refractivity (Wildman–Crippen MR) is 73.4 cm³/mol. The summed E-state index contributed by atoms with van der Waals surface area (Å²) in [6.45, 7) is 4.36. The lowest BCUT2D eigenvalue weighted by molar-refractivity contribution is 0.463. The van der Waals surface area contributed by atoms with Crippen LogP contribution in [0.15, 0.2) is 18.2 Å². The van der Waals surface area contributed by atoms with E-state index in [2.05, 4.69) is 23.4 Å². The highest BCUT2D eigenvalue weighted by Gasteiger charge is 2.16. The van der Waals surface area contributed by atoms with Crippen LogP contribution in [-0.2, 0) is 0 Å². The predicted octanol–water partition coefficient (Wildman–Crippen LogP) is 4.02. The van der Waals surface area contributed by atoms with Gasteiger partial charge in [-0.15, -0.1) is 0 Å². The summed E-state index contributed by atoms with van der Waals surface area (Å²) in [7, 11) is 0. The third-order valence-electron chi connectivity index (χ3n) is 3.16. The number of rotatable bonds is 4. The third-order valence-corrected chi connectivity index (χ3v) is 3.46. The Kier molecular flexibility index (Phi) is 3.57. The molecule has 0 spiro atoms. The molecular weight excluding hydrogens is 234 g/mol. The number of halogens is 1. The van der Waals surface area contributed by atoms with Crippen molar-refractivity contribution >= 4 is 28.6 Å². The number of fused-ring (bicyclic) bond motifs is 1. The molecule has 1 unspecified atom stereocenters. The summed E-state index contributed by atoms with van der Waals surface area (Å²) in [4.78, 5) is 4.37. The first-order valence-corrected chi connectivity index (χ1v) is 6.48. The highest BCUT2D eigenvalue weighted by atomic mass is 35.5. The first-order chi connectivity index (χ1) is 8.19. The van der Waals surface area contributed by atoms with Crippen LogP contribution in [0.3, 0.4) is 0 Å². The molecule has 1 aromatic heterocycles. The quantitative estimate of drug-likeness (QED) is 0.892. The average molecular weight is 252 g/mol. The van der Waals surface area contributed by atoms with Gasteiger partial charge in [0, 0.05) is 6.04 Å². The maximum Gasteiger partial charge on any atom is 0.201 e. The van der Waals surface area contributed by atoms with E-state index >= 15 is 0 Å². The summed E-state index contributed by atoms with van der Waals surface area (Å²) in [5.41, 5.74) is 7.87. The van der Waals surface area contributed by atoms with E-state index in [-0.39, 0.29) is 0 Å². The van der Waals surface area contributed by atoms with Crippen LogP contribution in [-0.4, -0.2) is 9.55 Å². The molecule has 3 nitrogen and oxygen atoms in total. The van der Waals surface area contributed by atoms with Gasteiger partial charge in [-0.1, -0.05) is 37.9 Å². The van der Waals surface area contributed by atoms with Crippen molar-refractivity contribution in [1.29, 1.82) is 0 Å². The van der Waals surface area contributed by atoms with E-state index < -0.39 is 0 Å². The molecule has 2 rings (SSSR count). The summed E-state index contributed by atoms with van der Waals surface area (Å²) in [6.07, 6.45) is 3.30. The summed E-state index contributed by atoms with van der Waals surface area (Å²) in [5.74, 6) is 0.563. The molecule has 92 valence electrons. The Labute approximate surface area is 107 Å². The van der Waals surface area contributed by atoms with Gasteiger partial charge in [0.25, 0.3) is 0 Å². The molecule has 1 atom stereocenters. The molecule has 0 aliphatic rings. The van der Waals surface area contributed by atoms with Gasteiger partial charge in [0.1, 0.15) is 5.52 Å². The van der Waals surface area contributed by atoms with E-state index in [4.69, 9.17) is 17.3 Å². The number of imidazole rings is 1. The molecule has 4 heteroatoms. The Bertz CT molecular complexity index is 519. The Balaban J connectivity index is 2.59. The van der Waals surface area contributed by atoms with Gasteiger partial charge >= 0.3 is 0 Å². The van der Waals surface area contributed by atoms with Crippen molar-refractivity contribution in [3.8, 4) is 0 Å². The number of hydrogen-bond donors (Lipinski definition) is 1. The van der Waals surface area contributed by atoms with Crippen molar-refractivity contribution in [2.45, 2.75) is 39.2 Å². The zero-order chi connectivity index (χ0) is 12.4. The molecule has 2 aromatic rings. The second-order valence-corrected chi connectivity index (χ2v) is 4.71. The monoisotopic (exact) mass is 251 g/mol. The van der Waals surface area contributed by atoms with Crippen molar-refractivity contribution < 1.29 is 0 Å². The smallest absolute Gasteiger partial charge is 0.201 e. The lowest BCUT2D eigenvalue weighted by Crippen LogP contribution is -2.10. The minimum absolute atomic E-state index is 0.406. The Hall–Kier alpha value is -1.22. The van der Waals surface area contributed by atoms with E-state index in [0.29, 0.717) is 17.0 Å². The van der Waals surface area contributed by atoms with Gasteiger partial charge in [-0.2, -0.15) is 0 Å². The van der Waals surface area contributed by atoms with E-state index in [1.165, 1.54) is 0 Å². The van der Waals surface area contributed by atoms with Crippen LogP contribution >= 0.6 is 11.6 Å². The SMILES string of the molecule is CCCC(CC)n1c(N)nc2c(Cl)cccc21. The molecular formula is C13H18ClN3. The normalized spacial score (nSPS) is 13.1. The highest BCUT2D eigenvalue weighted by molar-refractivity contribution is 6.35. The van der Waals surface area contributed by atoms with E-state index in [1.54, 1.807) is 0 Å². The zero-order valence-corrected chi connectivity index (χ0v) is 11.0. The Morgan fingerprint density at radius 3 is 2.82 bits per heavy atom. The van der Waals surface area contributed by atoms with Crippen LogP contribution in [0, 0.1) is 0 Å². The summed E-state index contributed by atoms with van der Waals surface area (Å²) < 4.78 is 2.12. The fourth-order valence-corrected chi connectivity index (χ4v) is 2.55. The fourth-order valence-electron chi connectivity index (χ4n) is 2.33. The second-order valence-electron chi connectivity index (χ2n) is 4.30. The van der Waals surface area contributed by atoms with Crippen molar-refractivity contribution in [1.82, 2.24) is 9.55 Å². The van der Waals surface area contributed by atoms with Gasteiger partial charge in [-0.25, -0.2) is 4.98 Å². The molecule has 0 bridgehead atoms. The first kappa shape index (κ1) is 12.2. The number of nitrogens with two attached hydrogens (primary N) is 1. The molecule has 0 aliphatic carbocycles. The van der Waals surface area contributed by atoms with Crippen molar-refractivity contribution in [2.75, 3.05) is 5.73 Å². The number of nitrogens with zero attached hydrogens (tertiary/aromatic N) is 2. The van der Waals surface area contributed by atoms with Crippen molar-refractivity contribution in [2.24, 2.45) is 0 Å². The largest absolute Gasteiger partial charge is 0.369 e. The summed E-state index contributed by atoms with van der Waals surface area (Å²) >= 11 is 6.14. The van der Waals surface area contributed by atoms with E-state index in [9.17, 15) is 0 Å². The number of hydrogen-bond acceptors (Lipinski definition) is 2. The van der Waals surface area contributed by atoms with E-state index in [0.717, 1.165) is 30.3 Å². The minimum atomic E-state index is 0.406. The topological polar surface area (TPSA) is 43.8 Å². The molecule has 0 amide bonds. The number of aromatic nitrogens is 2. The van der Waals surface area contributed by atoms with Gasteiger partial charge in [-0.3, -0.25) is 0 Å². The molecule has 0 fully saturated rings. The zero-order valence-electron chi connectivity index (χ0n) is 10.3. The van der Waals surface area contributed by atoms with Gasteiger partial charge in [0.05, 0.1) is 10.5 Å². The molecule has 2 N–H and O–H groups in total. The number of nitrogen functional groups attached to an aromatic ring is 1. The average Bonchev–Trinajstić information content (AvgIpc) is 2.64. The molecule has 0 radical (unpaired) electrons. The van der Waals surface area contributed by atoms with Gasteiger partial charge in [0.2, 0.25) is 5.95 Å². The highest BCUT2D eigenvalue weighted by Crippen LogP contribution is 2.30. The number of para-hydroxylation sites is 1. The molecule has 17 heavy (non-hydrogen) atoms. The Morgan fingerprint density at radius 1 is 1.41 bits per heavy atom. The molecule has 1 heterocycles. The van der Waals surface area contributed by atoms with Gasteiger partial charge in [-0.05, 0) is 25.0 Å². The fraction of sp³-hybridized carbons (Fsp3) is 0.462. The van der Waals surface area contributed by atoms with Gasteiger partial charge < -0.3 is 10.3 Å². The maximum atomic E-state index is 6.14. The van der Waals surface area contributed by atoms with E-state index in [1.807, 2.05) is 18.2 Å². The van der Waals surface area contributed by atoms with Crippen LogP contribution < -0.4 is 5.73 Å². The number of anilines is 1. The molecule has 0 saturated heterocycles. The van der Waals surface area contributed by atoms with Crippen LogP contribution in [0.1, 0.15) is 39.2 Å². The van der Waals surface area contributed by atoms with Crippen molar-refractivity contribution in [3.05, 3.63) is 23.2 Å². The molecule has 0 aliphatic heterocycles. The number of benzene rings is 1. The van der Waals surface area contributed by atoms with Gasteiger partial charge in [0.15, 0.2) is 0 Å². The van der Waals surface area contributed by atoms with Crippen LogP contribution in [0.5, 0.6) is 0 Å². The summed E-state index contributed by atoms with van der Waals surface area (Å²) in [5, 5.41) is 0.666. The second kappa shape index (κ2) is 4.96. The first-order valence-electron chi connectivity index (χ1n) is 6.11. The lowest BCUT2D eigenvalue weighted by Gasteiger charge is -2.18. The van der Waals surface area contributed by atoms with Crippen LogP contribution in [0.4, 0.5) is 5.95 Å². The molecule has 1 aromatic carbocycles. The van der Waals surface area contributed by atoms with Crippen molar-refractivity contribution in [3.63, 3.8) is 0 Å². The minimum Gasteiger partial charge on any atom is -0.369 e. The standard InChI is InChI=1S/C13H18ClN3/c1-3-6-9(4-2)17-11-8-5-7-10(14)12(11)16-13(17)15/h5,7-9H,3-4,6H2,1-2H3,(H2,15,16). The van der Waals surface area contributed by atoms with Crippen LogP contribution in [0.25, 0.3) is 11.0 Å². The maximum absolute atomic E-state index is 6.14.